The molecule has 0 bridgehead atoms. The van der Waals surface area contributed by atoms with Gasteiger partial charge in [0.2, 0.25) is 5.91 Å². The smallest absolute Gasteiger partial charge is 0.251 e. The first-order valence-corrected chi connectivity index (χ1v) is 8.65. The standard InChI is InChI=1S/C19H21BrN2O2/c1-13-5-3-4-6-17(13)14(2)22-18(23)11-12-21-19(24)15-7-9-16(20)10-8-15/h3-10,14H,11-12H2,1-2H3,(H,21,24)(H,22,23). The van der Waals surface area contributed by atoms with Gasteiger partial charge in [0.05, 0.1) is 6.04 Å². The predicted molar refractivity (Wildman–Crippen MR) is 98.8 cm³/mol. The van der Waals surface area contributed by atoms with Gasteiger partial charge in [-0.1, -0.05) is 40.2 Å². The van der Waals surface area contributed by atoms with Crippen LogP contribution in [0.5, 0.6) is 0 Å². The van der Waals surface area contributed by atoms with E-state index in [1.54, 1.807) is 12.1 Å². The molecule has 0 aliphatic carbocycles. The molecule has 0 heterocycles. The summed E-state index contributed by atoms with van der Waals surface area (Å²) < 4.78 is 0.920. The lowest BCUT2D eigenvalue weighted by molar-refractivity contribution is -0.121. The Bertz CT molecular complexity index is 714. The molecule has 0 spiro atoms. The molecule has 4 nitrogen and oxygen atoms in total. The number of nitrogens with one attached hydrogen (secondary N) is 2. The van der Waals surface area contributed by atoms with Crippen LogP contribution in [0.1, 0.15) is 40.9 Å². The summed E-state index contributed by atoms with van der Waals surface area (Å²) in [4.78, 5) is 24.0. The molecule has 2 amide bonds. The van der Waals surface area contributed by atoms with Gasteiger partial charge < -0.3 is 10.6 Å². The number of carbonyl (C=O) groups is 2. The molecule has 1 unspecified atom stereocenters. The van der Waals surface area contributed by atoms with Crippen molar-refractivity contribution < 1.29 is 9.59 Å². The fourth-order valence-electron chi connectivity index (χ4n) is 2.46. The maximum atomic E-state index is 12.0. The van der Waals surface area contributed by atoms with Gasteiger partial charge in [-0.2, -0.15) is 0 Å². The van der Waals surface area contributed by atoms with Crippen molar-refractivity contribution in [1.29, 1.82) is 0 Å². The Labute approximate surface area is 150 Å². The minimum absolute atomic E-state index is 0.0547. The van der Waals surface area contributed by atoms with Crippen molar-refractivity contribution in [2.24, 2.45) is 0 Å². The van der Waals surface area contributed by atoms with Gasteiger partial charge >= 0.3 is 0 Å². The molecule has 2 N–H and O–H groups in total. The third-order valence-corrected chi connectivity index (χ3v) is 4.31. The number of hydrogen-bond donors (Lipinski definition) is 2. The lowest BCUT2D eigenvalue weighted by atomic mass is 10.0. The van der Waals surface area contributed by atoms with E-state index in [4.69, 9.17) is 0 Å². The first-order chi connectivity index (χ1) is 11.5. The van der Waals surface area contributed by atoms with Crippen LogP contribution in [0.2, 0.25) is 0 Å². The Kier molecular flexibility index (Phi) is 6.55. The average molecular weight is 389 g/mol. The molecule has 2 aromatic rings. The van der Waals surface area contributed by atoms with Crippen molar-refractivity contribution >= 4 is 27.7 Å². The van der Waals surface area contributed by atoms with Gasteiger partial charge in [0.25, 0.3) is 5.91 Å². The quantitative estimate of drug-likeness (QED) is 0.791. The molecule has 5 heteroatoms. The molecule has 0 aliphatic rings. The van der Waals surface area contributed by atoms with Crippen LogP contribution in [-0.4, -0.2) is 18.4 Å². The van der Waals surface area contributed by atoms with Gasteiger partial charge in [0, 0.05) is 23.0 Å². The van der Waals surface area contributed by atoms with Gasteiger partial charge in [-0.25, -0.2) is 0 Å². The number of aryl methyl sites for hydroxylation is 1. The fourth-order valence-corrected chi connectivity index (χ4v) is 2.72. The highest BCUT2D eigenvalue weighted by Gasteiger charge is 2.12. The van der Waals surface area contributed by atoms with Crippen molar-refractivity contribution in [3.63, 3.8) is 0 Å². The zero-order valence-electron chi connectivity index (χ0n) is 13.8. The summed E-state index contributed by atoms with van der Waals surface area (Å²) in [6.07, 6.45) is 0.249. The summed E-state index contributed by atoms with van der Waals surface area (Å²) in [7, 11) is 0. The molecule has 1 atom stereocenters. The Morgan fingerprint density at radius 3 is 2.42 bits per heavy atom. The molecule has 0 saturated heterocycles. The van der Waals surface area contributed by atoms with E-state index in [0.29, 0.717) is 12.1 Å². The summed E-state index contributed by atoms with van der Waals surface area (Å²) in [6, 6.07) is 15.0. The van der Waals surface area contributed by atoms with Gasteiger partial charge in [0.15, 0.2) is 0 Å². The Morgan fingerprint density at radius 1 is 1.08 bits per heavy atom. The molecule has 0 saturated carbocycles. The second kappa shape index (κ2) is 8.64. The molecule has 2 aromatic carbocycles. The molecule has 24 heavy (non-hydrogen) atoms. The van der Waals surface area contributed by atoms with Crippen LogP contribution in [0.3, 0.4) is 0 Å². The number of rotatable bonds is 6. The molecular formula is C19H21BrN2O2. The zero-order chi connectivity index (χ0) is 17.5. The van der Waals surface area contributed by atoms with E-state index >= 15 is 0 Å². The van der Waals surface area contributed by atoms with Crippen molar-refractivity contribution in [2.45, 2.75) is 26.3 Å². The first kappa shape index (κ1) is 18.2. The number of benzene rings is 2. The van der Waals surface area contributed by atoms with Crippen molar-refractivity contribution in [3.05, 3.63) is 69.7 Å². The topological polar surface area (TPSA) is 58.2 Å². The van der Waals surface area contributed by atoms with Crippen LogP contribution in [0.15, 0.2) is 53.0 Å². The van der Waals surface area contributed by atoms with Gasteiger partial charge in [-0.05, 0) is 49.2 Å². The molecule has 0 aromatic heterocycles. The van der Waals surface area contributed by atoms with Crippen molar-refractivity contribution in [2.75, 3.05) is 6.54 Å². The van der Waals surface area contributed by atoms with E-state index in [0.717, 1.165) is 15.6 Å². The van der Waals surface area contributed by atoms with Crippen LogP contribution in [-0.2, 0) is 4.79 Å². The lowest BCUT2D eigenvalue weighted by Crippen LogP contribution is -2.32. The van der Waals surface area contributed by atoms with Gasteiger partial charge in [-0.15, -0.1) is 0 Å². The number of halogens is 1. The largest absolute Gasteiger partial charge is 0.352 e. The Morgan fingerprint density at radius 2 is 1.75 bits per heavy atom. The monoisotopic (exact) mass is 388 g/mol. The number of carbonyl (C=O) groups excluding carboxylic acids is 2. The molecule has 0 aliphatic heterocycles. The Hall–Kier alpha value is -2.14. The maximum absolute atomic E-state index is 12.0. The summed E-state index contributed by atoms with van der Waals surface area (Å²) in [6.45, 7) is 4.29. The number of hydrogen-bond acceptors (Lipinski definition) is 2. The van der Waals surface area contributed by atoms with Crippen molar-refractivity contribution in [3.8, 4) is 0 Å². The fraction of sp³-hybridized carbons (Fsp3) is 0.263. The molecule has 0 fully saturated rings. The van der Waals surface area contributed by atoms with Crippen LogP contribution < -0.4 is 10.6 Å². The molecular weight excluding hydrogens is 368 g/mol. The Balaban J connectivity index is 1.78. The first-order valence-electron chi connectivity index (χ1n) is 7.86. The summed E-state index contributed by atoms with van der Waals surface area (Å²) in [5, 5.41) is 5.72. The molecule has 0 radical (unpaired) electrons. The van der Waals surface area contributed by atoms with E-state index < -0.39 is 0 Å². The summed E-state index contributed by atoms with van der Waals surface area (Å²) in [5.41, 5.74) is 2.82. The number of amides is 2. The van der Waals surface area contributed by atoms with E-state index in [9.17, 15) is 9.59 Å². The van der Waals surface area contributed by atoms with E-state index in [1.807, 2.05) is 50.2 Å². The highest BCUT2D eigenvalue weighted by Crippen LogP contribution is 2.16. The van der Waals surface area contributed by atoms with E-state index in [2.05, 4.69) is 26.6 Å². The van der Waals surface area contributed by atoms with Gasteiger partial charge in [0.1, 0.15) is 0 Å². The second-order valence-corrected chi connectivity index (χ2v) is 6.57. The SMILES string of the molecule is Cc1ccccc1C(C)NC(=O)CCNC(=O)c1ccc(Br)cc1. The van der Waals surface area contributed by atoms with E-state index in [-0.39, 0.29) is 24.3 Å². The van der Waals surface area contributed by atoms with Crippen LogP contribution >= 0.6 is 15.9 Å². The average Bonchev–Trinajstić information content (AvgIpc) is 2.55. The van der Waals surface area contributed by atoms with Crippen LogP contribution in [0, 0.1) is 6.92 Å². The highest BCUT2D eigenvalue weighted by atomic mass is 79.9. The lowest BCUT2D eigenvalue weighted by Gasteiger charge is -2.16. The second-order valence-electron chi connectivity index (χ2n) is 5.66. The third-order valence-electron chi connectivity index (χ3n) is 3.78. The summed E-state index contributed by atoms with van der Waals surface area (Å²) >= 11 is 3.33. The van der Waals surface area contributed by atoms with Crippen molar-refractivity contribution in [1.82, 2.24) is 10.6 Å². The summed E-state index contributed by atoms with van der Waals surface area (Å²) in [5.74, 6) is -0.260. The van der Waals surface area contributed by atoms with Crippen LogP contribution in [0.25, 0.3) is 0 Å². The normalized spacial score (nSPS) is 11.6. The van der Waals surface area contributed by atoms with Gasteiger partial charge in [-0.3, -0.25) is 9.59 Å². The maximum Gasteiger partial charge on any atom is 0.251 e. The minimum Gasteiger partial charge on any atom is -0.352 e. The highest BCUT2D eigenvalue weighted by molar-refractivity contribution is 9.10. The van der Waals surface area contributed by atoms with Crippen LogP contribution in [0.4, 0.5) is 0 Å². The molecule has 126 valence electrons. The molecule has 2 rings (SSSR count). The minimum atomic E-state index is -0.178. The van der Waals surface area contributed by atoms with E-state index in [1.165, 1.54) is 0 Å². The predicted octanol–water partition coefficient (Wildman–Crippen LogP) is 3.75. The zero-order valence-corrected chi connectivity index (χ0v) is 15.4. The third kappa shape index (κ3) is 5.20.